The quantitative estimate of drug-likeness (QED) is 0.298. The fraction of sp³-hybridized carbons (Fsp3) is 0.250. The number of carbonyl (C=O) groups excluding carboxylic acids is 1. The summed E-state index contributed by atoms with van der Waals surface area (Å²) in [6.07, 6.45) is 0.862. The van der Waals surface area contributed by atoms with Gasteiger partial charge >= 0.3 is 0 Å². The third kappa shape index (κ3) is 5.93. The zero-order chi connectivity index (χ0) is 23.3. The van der Waals surface area contributed by atoms with Crippen molar-refractivity contribution in [2.24, 2.45) is 0 Å². The second-order valence-corrected chi connectivity index (χ2v) is 8.65. The average Bonchev–Trinajstić information content (AvgIpc) is 2.78. The molecule has 168 valence electrons. The van der Waals surface area contributed by atoms with Gasteiger partial charge in [-0.1, -0.05) is 40.9 Å². The lowest BCUT2D eigenvalue weighted by Gasteiger charge is -2.15. The van der Waals surface area contributed by atoms with E-state index in [0.717, 1.165) is 35.2 Å². The summed E-state index contributed by atoms with van der Waals surface area (Å²) in [5.41, 5.74) is 4.16. The van der Waals surface area contributed by atoms with E-state index in [0.29, 0.717) is 28.1 Å². The molecule has 0 unspecified atom stereocenters. The number of hydrogen-bond donors (Lipinski definition) is 1. The molecular formula is C24H24Cl3N3O2. The Kier molecular flexibility index (Phi) is 8.38. The number of nitrogens with zero attached hydrogens (tertiary/aromatic N) is 2. The van der Waals surface area contributed by atoms with Crippen molar-refractivity contribution in [3.8, 4) is 28.1 Å². The maximum Gasteiger partial charge on any atom is 0.284 e. The summed E-state index contributed by atoms with van der Waals surface area (Å²) in [5.74, 6) is 0.0575. The smallest absolute Gasteiger partial charge is 0.284 e. The zero-order valence-corrected chi connectivity index (χ0v) is 20.4. The Labute approximate surface area is 203 Å². The number of pyridine rings is 1. The fourth-order valence-electron chi connectivity index (χ4n) is 3.24. The molecule has 1 aromatic heterocycles. The lowest BCUT2D eigenvalue weighted by Crippen LogP contribution is -2.15. The minimum absolute atomic E-state index is 0.186. The second-order valence-electron chi connectivity index (χ2n) is 7.65. The van der Waals surface area contributed by atoms with E-state index in [-0.39, 0.29) is 5.69 Å². The molecule has 0 aliphatic rings. The Morgan fingerprint density at radius 3 is 2.50 bits per heavy atom. The number of aromatic nitrogens is 1. The molecule has 0 spiro atoms. The number of ether oxygens (including phenoxy) is 1. The van der Waals surface area contributed by atoms with Gasteiger partial charge in [-0.15, -0.1) is 0 Å². The molecule has 0 bridgehead atoms. The standard InChI is InChI=1S/C24H24Cl3N3O2/c1-15-5-8-19(25)18(13-15)17-7-10-21(24(31)29-27)28-23(17)16-6-9-20(26)22(14-16)32-12-4-11-30(2)3/h5-10,13-14H,4,11-12H2,1-3H3,(H,29,31). The molecule has 1 heterocycles. The van der Waals surface area contributed by atoms with Gasteiger partial charge in [-0.05, 0) is 63.8 Å². The van der Waals surface area contributed by atoms with Crippen molar-refractivity contribution in [2.45, 2.75) is 13.3 Å². The fourth-order valence-corrected chi connectivity index (χ4v) is 3.73. The first-order chi connectivity index (χ1) is 15.3. The van der Waals surface area contributed by atoms with Crippen molar-refractivity contribution < 1.29 is 9.53 Å². The number of nitrogens with one attached hydrogen (secondary N) is 1. The Bertz CT molecular complexity index is 1120. The van der Waals surface area contributed by atoms with Crippen LogP contribution in [0, 0.1) is 6.92 Å². The number of carbonyl (C=O) groups is 1. The highest BCUT2D eigenvalue weighted by Gasteiger charge is 2.17. The molecule has 3 aromatic rings. The summed E-state index contributed by atoms with van der Waals surface area (Å²) in [6, 6.07) is 14.6. The van der Waals surface area contributed by atoms with Crippen LogP contribution in [0.1, 0.15) is 22.5 Å². The van der Waals surface area contributed by atoms with Crippen molar-refractivity contribution in [2.75, 3.05) is 27.2 Å². The monoisotopic (exact) mass is 491 g/mol. The highest BCUT2D eigenvalue weighted by Crippen LogP contribution is 2.38. The van der Waals surface area contributed by atoms with Crippen molar-refractivity contribution in [3.63, 3.8) is 0 Å². The van der Waals surface area contributed by atoms with E-state index in [1.807, 2.05) is 57.4 Å². The van der Waals surface area contributed by atoms with Crippen molar-refractivity contribution >= 4 is 40.9 Å². The maximum absolute atomic E-state index is 12.1. The van der Waals surface area contributed by atoms with Gasteiger partial charge in [0.1, 0.15) is 11.4 Å². The number of benzene rings is 2. The molecule has 8 heteroatoms. The molecule has 1 N–H and O–H groups in total. The van der Waals surface area contributed by atoms with Crippen LogP contribution in [0.25, 0.3) is 22.4 Å². The van der Waals surface area contributed by atoms with Gasteiger partial charge in [-0.3, -0.25) is 9.63 Å². The van der Waals surface area contributed by atoms with Crippen LogP contribution in [0.3, 0.4) is 0 Å². The first-order valence-corrected chi connectivity index (χ1v) is 11.2. The van der Waals surface area contributed by atoms with Gasteiger partial charge in [-0.2, -0.15) is 0 Å². The summed E-state index contributed by atoms with van der Waals surface area (Å²) in [7, 11) is 4.03. The molecule has 0 aliphatic carbocycles. The molecule has 0 aliphatic heterocycles. The summed E-state index contributed by atoms with van der Waals surface area (Å²) >= 11 is 18.4. The molecule has 2 aromatic carbocycles. The Morgan fingerprint density at radius 2 is 1.78 bits per heavy atom. The van der Waals surface area contributed by atoms with Crippen LogP contribution in [0.2, 0.25) is 10.0 Å². The molecule has 0 saturated heterocycles. The number of halogens is 3. The van der Waals surface area contributed by atoms with Gasteiger partial charge in [0.2, 0.25) is 0 Å². The Morgan fingerprint density at radius 1 is 1.03 bits per heavy atom. The molecular weight excluding hydrogens is 469 g/mol. The molecule has 3 rings (SSSR count). The van der Waals surface area contributed by atoms with E-state index in [4.69, 9.17) is 39.7 Å². The normalized spacial score (nSPS) is 11.0. The molecule has 0 fully saturated rings. The molecule has 0 atom stereocenters. The van der Waals surface area contributed by atoms with Gasteiger partial charge in [-0.25, -0.2) is 4.98 Å². The lowest BCUT2D eigenvalue weighted by atomic mass is 9.97. The second kappa shape index (κ2) is 11.0. The Balaban J connectivity index is 2.07. The first kappa shape index (κ1) is 24.3. The number of hydrogen-bond acceptors (Lipinski definition) is 4. The third-order valence-corrected chi connectivity index (χ3v) is 5.65. The van der Waals surface area contributed by atoms with Crippen LogP contribution in [0.4, 0.5) is 0 Å². The summed E-state index contributed by atoms with van der Waals surface area (Å²) in [6.45, 7) is 3.43. The largest absolute Gasteiger partial charge is 0.492 e. The van der Waals surface area contributed by atoms with Gasteiger partial charge < -0.3 is 9.64 Å². The van der Waals surface area contributed by atoms with Crippen molar-refractivity contribution in [1.82, 2.24) is 14.7 Å². The SMILES string of the molecule is Cc1ccc(Cl)c(-c2ccc(C(=O)NCl)nc2-c2ccc(Cl)c(OCCCN(C)C)c2)c1. The minimum atomic E-state index is -0.496. The van der Waals surface area contributed by atoms with Crippen molar-refractivity contribution in [1.29, 1.82) is 0 Å². The summed E-state index contributed by atoms with van der Waals surface area (Å²) in [4.78, 5) is 20.9. The van der Waals surface area contributed by atoms with E-state index in [1.54, 1.807) is 12.1 Å². The van der Waals surface area contributed by atoms with Crippen LogP contribution < -0.4 is 9.57 Å². The van der Waals surface area contributed by atoms with Crippen molar-refractivity contribution in [3.05, 3.63) is 69.8 Å². The molecule has 0 radical (unpaired) electrons. The molecule has 32 heavy (non-hydrogen) atoms. The Hall–Kier alpha value is -2.31. The van der Waals surface area contributed by atoms with Gasteiger partial charge in [0, 0.05) is 40.0 Å². The average molecular weight is 493 g/mol. The molecule has 5 nitrogen and oxygen atoms in total. The topological polar surface area (TPSA) is 54.5 Å². The molecule has 0 saturated carbocycles. The van der Waals surface area contributed by atoms with E-state index >= 15 is 0 Å². The highest BCUT2D eigenvalue weighted by atomic mass is 35.5. The lowest BCUT2D eigenvalue weighted by molar-refractivity contribution is 0.0977. The highest BCUT2D eigenvalue weighted by molar-refractivity contribution is 6.33. The van der Waals surface area contributed by atoms with Gasteiger partial charge in [0.25, 0.3) is 5.91 Å². The van der Waals surface area contributed by atoms with E-state index in [9.17, 15) is 4.79 Å². The number of amides is 1. The van der Waals surface area contributed by atoms with E-state index < -0.39 is 5.91 Å². The van der Waals surface area contributed by atoms with Crippen LogP contribution in [-0.4, -0.2) is 43.0 Å². The first-order valence-electron chi connectivity index (χ1n) is 10.1. The predicted molar refractivity (Wildman–Crippen MR) is 132 cm³/mol. The third-order valence-electron chi connectivity index (χ3n) is 4.84. The number of rotatable bonds is 8. The van der Waals surface area contributed by atoms with Gasteiger partial charge in [0.15, 0.2) is 0 Å². The van der Waals surface area contributed by atoms with E-state index in [1.165, 1.54) is 0 Å². The van der Waals surface area contributed by atoms with Crippen LogP contribution >= 0.6 is 35.0 Å². The van der Waals surface area contributed by atoms with Crippen LogP contribution in [-0.2, 0) is 0 Å². The van der Waals surface area contributed by atoms with Crippen LogP contribution in [0.15, 0.2) is 48.5 Å². The number of aryl methyl sites for hydroxylation is 1. The molecule has 1 amide bonds. The van der Waals surface area contributed by atoms with Crippen LogP contribution in [0.5, 0.6) is 5.75 Å². The predicted octanol–water partition coefficient (Wildman–Crippen LogP) is 6.24. The van der Waals surface area contributed by atoms with Gasteiger partial charge in [0.05, 0.1) is 17.3 Å². The van der Waals surface area contributed by atoms with E-state index in [2.05, 4.69) is 14.7 Å². The summed E-state index contributed by atoms with van der Waals surface area (Å²) in [5, 5.41) is 1.09. The minimum Gasteiger partial charge on any atom is -0.492 e. The summed E-state index contributed by atoms with van der Waals surface area (Å²) < 4.78 is 5.92. The maximum atomic E-state index is 12.1. The zero-order valence-electron chi connectivity index (χ0n) is 18.1.